The highest BCUT2D eigenvalue weighted by Gasteiger charge is 2.33. The summed E-state index contributed by atoms with van der Waals surface area (Å²) in [5, 5.41) is 0. The highest BCUT2D eigenvalue weighted by Crippen LogP contribution is 2.32. The number of piperidine rings is 1. The van der Waals surface area contributed by atoms with Crippen molar-refractivity contribution in [2.24, 2.45) is 17.1 Å². The van der Waals surface area contributed by atoms with Gasteiger partial charge in [-0.15, -0.1) is 0 Å². The van der Waals surface area contributed by atoms with Crippen LogP contribution in [0.4, 0.5) is 0 Å². The van der Waals surface area contributed by atoms with Crippen LogP contribution in [0.3, 0.4) is 0 Å². The summed E-state index contributed by atoms with van der Waals surface area (Å²) in [5.74, 6) is 2.19. The maximum absolute atomic E-state index is 6.25. The standard InChI is InChI=1S/C20H34N2O2/c1-6-23-18-11-16(7-8-17(18)24-13-15(2)3)12-22-10-9-19(21)20(4,5)14-22/h7-8,11,15,19H,6,9-10,12-14,21H2,1-5H3. The van der Waals surface area contributed by atoms with Crippen LogP contribution < -0.4 is 15.2 Å². The minimum absolute atomic E-state index is 0.168. The average molecular weight is 335 g/mol. The van der Waals surface area contributed by atoms with Crippen molar-refractivity contribution in [1.29, 1.82) is 0 Å². The van der Waals surface area contributed by atoms with E-state index < -0.39 is 0 Å². The summed E-state index contributed by atoms with van der Waals surface area (Å²) in [6, 6.07) is 6.61. The maximum atomic E-state index is 6.25. The largest absolute Gasteiger partial charge is 0.490 e. The smallest absolute Gasteiger partial charge is 0.161 e. The highest BCUT2D eigenvalue weighted by atomic mass is 16.5. The topological polar surface area (TPSA) is 47.7 Å². The minimum atomic E-state index is 0.168. The predicted molar refractivity (Wildman–Crippen MR) is 99.6 cm³/mol. The van der Waals surface area contributed by atoms with Crippen LogP contribution in [-0.4, -0.2) is 37.2 Å². The van der Waals surface area contributed by atoms with Crippen LogP contribution >= 0.6 is 0 Å². The van der Waals surface area contributed by atoms with E-state index in [1.165, 1.54) is 5.56 Å². The van der Waals surface area contributed by atoms with Crippen molar-refractivity contribution in [1.82, 2.24) is 4.90 Å². The van der Waals surface area contributed by atoms with Crippen LogP contribution in [0.15, 0.2) is 18.2 Å². The summed E-state index contributed by atoms with van der Waals surface area (Å²) in [4.78, 5) is 2.49. The third-order valence-electron chi connectivity index (χ3n) is 4.68. The number of nitrogens with two attached hydrogens (primary N) is 1. The first-order valence-electron chi connectivity index (χ1n) is 9.18. The third kappa shape index (κ3) is 5.12. The van der Waals surface area contributed by atoms with Crippen LogP contribution in [0.2, 0.25) is 0 Å². The Bertz CT molecular complexity index is 528. The molecule has 1 aliphatic rings. The molecule has 1 heterocycles. The second-order valence-corrected chi connectivity index (χ2v) is 8.01. The van der Waals surface area contributed by atoms with E-state index in [2.05, 4.69) is 44.7 Å². The Morgan fingerprint density at radius 2 is 2.00 bits per heavy atom. The molecule has 4 heteroatoms. The summed E-state index contributed by atoms with van der Waals surface area (Å²) in [6.45, 7) is 15.2. The second kappa shape index (κ2) is 8.21. The van der Waals surface area contributed by atoms with Gasteiger partial charge in [-0.1, -0.05) is 33.8 Å². The maximum Gasteiger partial charge on any atom is 0.161 e. The van der Waals surface area contributed by atoms with E-state index in [1.807, 2.05) is 13.0 Å². The molecule has 0 spiro atoms. The van der Waals surface area contributed by atoms with E-state index in [0.29, 0.717) is 25.2 Å². The zero-order chi connectivity index (χ0) is 17.7. The highest BCUT2D eigenvalue weighted by molar-refractivity contribution is 5.43. The molecular formula is C20H34N2O2. The zero-order valence-electron chi connectivity index (χ0n) is 16.0. The van der Waals surface area contributed by atoms with Gasteiger partial charge in [-0.2, -0.15) is 0 Å². The van der Waals surface area contributed by atoms with Crippen LogP contribution in [0.5, 0.6) is 11.5 Å². The number of ether oxygens (including phenoxy) is 2. The molecule has 0 aromatic heterocycles. The molecule has 0 bridgehead atoms. The van der Waals surface area contributed by atoms with Gasteiger partial charge in [0.2, 0.25) is 0 Å². The van der Waals surface area contributed by atoms with E-state index in [9.17, 15) is 0 Å². The number of hydrogen-bond acceptors (Lipinski definition) is 4. The van der Waals surface area contributed by atoms with Gasteiger partial charge in [-0.3, -0.25) is 4.90 Å². The van der Waals surface area contributed by atoms with Crippen molar-refractivity contribution >= 4 is 0 Å². The molecule has 2 N–H and O–H groups in total. The third-order valence-corrected chi connectivity index (χ3v) is 4.68. The fourth-order valence-electron chi connectivity index (χ4n) is 3.17. The van der Waals surface area contributed by atoms with Crippen molar-refractivity contribution in [2.75, 3.05) is 26.3 Å². The predicted octanol–water partition coefficient (Wildman–Crippen LogP) is 3.68. The molecule has 1 unspecified atom stereocenters. The average Bonchev–Trinajstić information content (AvgIpc) is 2.50. The Morgan fingerprint density at radius 3 is 2.62 bits per heavy atom. The van der Waals surface area contributed by atoms with Gasteiger partial charge in [0.25, 0.3) is 0 Å². The zero-order valence-corrected chi connectivity index (χ0v) is 16.0. The molecule has 1 saturated heterocycles. The fourth-order valence-corrected chi connectivity index (χ4v) is 3.17. The SMILES string of the molecule is CCOc1cc(CN2CCC(N)C(C)(C)C2)ccc1OCC(C)C. The second-order valence-electron chi connectivity index (χ2n) is 8.01. The lowest BCUT2D eigenvalue weighted by atomic mass is 9.79. The molecule has 1 fully saturated rings. The molecule has 24 heavy (non-hydrogen) atoms. The van der Waals surface area contributed by atoms with E-state index in [4.69, 9.17) is 15.2 Å². The van der Waals surface area contributed by atoms with Gasteiger partial charge in [-0.25, -0.2) is 0 Å². The van der Waals surface area contributed by atoms with Gasteiger partial charge in [0, 0.05) is 25.7 Å². The van der Waals surface area contributed by atoms with Crippen molar-refractivity contribution < 1.29 is 9.47 Å². The number of rotatable bonds is 7. The number of likely N-dealkylation sites (tertiary alicyclic amines) is 1. The van der Waals surface area contributed by atoms with Gasteiger partial charge in [0.1, 0.15) is 0 Å². The normalized spacial score (nSPS) is 21.0. The lowest BCUT2D eigenvalue weighted by Crippen LogP contribution is -2.52. The lowest BCUT2D eigenvalue weighted by molar-refractivity contribution is 0.0898. The first-order valence-corrected chi connectivity index (χ1v) is 9.18. The molecule has 0 saturated carbocycles. The molecule has 0 radical (unpaired) electrons. The lowest BCUT2D eigenvalue weighted by Gasteiger charge is -2.42. The summed E-state index contributed by atoms with van der Waals surface area (Å²) in [6.07, 6.45) is 1.06. The van der Waals surface area contributed by atoms with Crippen LogP contribution in [0.1, 0.15) is 46.6 Å². The summed E-state index contributed by atoms with van der Waals surface area (Å²) < 4.78 is 11.7. The first-order chi connectivity index (χ1) is 11.3. The van der Waals surface area contributed by atoms with Crippen molar-refractivity contribution in [3.05, 3.63) is 23.8 Å². The molecule has 4 nitrogen and oxygen atoms in total. The quantitative estimate of drug-likeness (QED) is 0.826. The van der Waals surface area contributed by atoms with Crippen molar-refractivity contribution in [3.63, 3.8) is 0 Å². The minimum Gasteiger partial charge on any atom is -0.490 e. The van der Waals surface area contributed by atoms with Crippen molar-refractivity contribution in [3.8, 4) is 11.5 Å². The molecule has 2 rings (SSSR count). The Morgan fingerprint density at radius 1 is 1.25 bits per heavy atom. The molecular weight excluding hydrogens is 300 g/mol. The number of benzene rings is 1. The molecule has 1 aromatic carbocycles. The first kappa shape index (κ1) is 19.1. The van der Waals surface area contributed by atoms with Crippen LogP contribution in [0.25, 0.3) is 0 Å². The van der Waals surface area contributed by atoms with Gasteiger partial charge in [-0.05, 0) is 42.4 Å². The van der Waals surface area contributed by atoms with Gasteiger partial charge in [0.15, 0.2) is 11.5 Å². The van der Waals surface area contributed by atoms with E-state index in [0.717, 1.165) is 37.6 Å². The Kier molecular flexibility index (Phi) is 6.53. The number of hydrogen-bond donors (Lipinski definition) is 1. The van der Waals surface area contributed by atoms with E-state index in [1.54, 1.807) is 0 Å². The van der Waals surface area contributed by atoms with E-state index in [-0.39, 0.29) is 5.41 Å². The Labute approximate surface area is 147 Å². The summed E-state index contributed by atoms with van der Waals surface area (Å²) in [7, 11) is 0. The van der Waals surface area contributed by atoms with Gasteiger partial charge >= 0.3 is 0 Å². The molecule has 0 aliphatic carbocycles. The molecule has 1 aromatic rings. The fraction of sp³-hybridized carbons (Fsp3) is 0.700. The van der Waals surface area contributed by atoms with Gasteiger partial charge in [0.05, 0.1) is 13.2 Å². The molecule has 0 amide bonds. The Hall–Kier alpha value is -1.26. The molecule has 1 atom stereocenters. The molecule has 136 valence electrons. The van der Waals surface area contributed by atoms with Gasteiger partial charge < -0.3 is 15.2 Å². The number of nitrogens with zero attached hydrogens (tertiary/aromatic N) is 1. The van der Waals surface area contributed by atoms with Crippen LogP contribution in [-0.2, 0) is 6.54 Å². The summed E-state index contributed by atoms with van der Waals surface area (Å²) >= 11 is 0. The monoisotopic (exact) mass is 334 g/mol. The van der Waals surface area contributed by atoms with E-state index >= 15 is 0 Å². The van der Waals surface area contributed by atoms with Crippen molar-refractivity contribution in [2.45, 2.75) is 53.6 Å². The summed E-state index contributed by atoms with van der Waals surface area (Å²) in [5.41, 5.74) is 7.68. The Balaban J connectivity index is 2.06. The molecule has 1 aliphatic heterocycles. The van der Waals surface area contributed by atoms with Crippen LogP contribution in [0, 0.1) is 11.3 Å².